The second-order valence-corrected chi connectivity index (χ2v) is 7.91. The number of benzene rings is 1. The Bertz CT molecular complexity index is 568. The van der Waals surface area contributed by atoms with Gasteiger partial charge in [-0.05, 0) is 59.6 Å². The maximum absolute atomic E-state index is 10.7. The predicted molar refractivity (Wildman–Crippen MR) is 86.5 cm³/mol. The number of aliphatic hydroxyl groups is 3. The van der Waals surface area contributed by atoms with Crippen LogP contribution in [0.25, 0.3) is 0 Å². The van der Waals surface area contributed by atoms with Crippen molar-refractivity contribution in [3.8, 4) is 0 Å². The molecule has 0 radical (unpaired) electrons. The van der Waals surface area contributed by atoms with Crippen molar-refractivity contribution >= 4 is 0 Å². The van der Waals surface area contributed by atoms with Crippen LogP contribution in [0.3, 0.4) is 0 Å². The molecule has 3 N–H and O–H groups in total. The van der Waals surface area contributed by atoms with Gasteiger partial charge >= 0.3 is 0 Å². The largest absolute Gasteiger partial charge is 0.396 e. The summed E-state index contributed by atoms with van der Waals surface area (Å²) in [6.07, 6.45) is 2.91. The Morgan fingerprint density at radius 1 is 1.27 bits per heavy atom. The van der Waals surface area contributed by atoms with Gasteiger partial charge in [-0.1, -0.05) is 38.5 Å². The summed E-state index contributed by atoms with van der Waals surface area (Å²) in [5.41, 5.74) is 2.93. The molecule has 3 rings (SSSR count). The number of hydrogen-bond donors (Lipinski definition) is 3. The van der Waals surface area contributed by atoms with Gasteiger partial charge in [-0.2, -0.15) is 0 Å². The Hall–Kier alpha value is -0.900. The quantitative estimate of drug-likeness (QED) is 0.786. The van der Waals surface area contributed by atoms with E-state index in [1.807, 2.05) is 12.1 Å². The van der Waals surface area contributed by atoms with Crippen molar-refractivity contribution in [1.29, 1.82) is 0 Å². The first-order valence-corrected chi connectivity index (χ1v) is 8.43. The van der Waals surface area contributed by atoms with E-state index in [4.69, 9.17) is 0 Å². The molecule has 2 aliphatic carbocycles. The minimum atomic E-state index is -0.517. The smallest absolute Gasteiger partial charge is 0.0796 e. The molecule has 1 aromatic carbocycles. The van der Waals surface area contributed by atoms with Gasteiger partial charge in [0.05, 0.1) is 12.2 Å². The molecule has 0 unspecified atom stereocenters. The Morgan fingerprint density at radius 2 is 2.00 bits per heavy atom. The summed E-state index contributed by atoms with van der Waals surface area (Å²) in [5.74, 6) is 0.290. The highest BCUT2D eigenvalue weighted by Gasteiger charge is 2.53. The van der Waals surface area contributed by atoms with Gasteiger partial charge in [0.2, 0.25) is 0 Å². The second kappa shape index (κ2) is 5.33. The van der Waals surface area contributed by atoms with E-state index in [0.29, 0.717) is 12.3 Å². The third-order valence-electron chi connectivity index (χ3n) is 6.41. The van der Waals surface area contributed by atoms with Crippen LogP contribution >= 0.6 is 0 Å². The molecule has 3 heteroatoms. The normalized spacial score (nSPS) is 39.0. The maximum Gasteiger partial charge on any atom is 0.0796 e. The van der Waals surface area contributed by atoms with Crippen molar-refractivity contribution in [3.05, 3.63) is 34.9 Å². The highest BCUT2D eigenvalue weighted by molar-refractivity contribution is 5.43. The SMILES string of the molecule is C[C@@H](O)c1ccc2c(c1)[C@H](O)C[C@H]1[C@](C)(CO)CCC[C@]21C. The molecule has 122 valence electrons. The topological polar surface area (TPSA) is 60.7 Å². The average molecular weight is 304 g/mol. The molecule has 5 atom stereocenters. The maximum atomic E-state index is 10.7. The van der Waals surface area contributed by atoms with Crippen LogP contribution in [0, 0.1) is 11.3 Å². The van der Waals surface area contributed by atoms with E-state index in [1.165, 1.54) is 5.56 Å². The zero-order chi connectivity index (χ0) is 16.1. The van der Waals surface area contributed by atoms with Gasteiger partial charge in [0.15, 0.2) is 0 Å². The number of fused-ring (bicyclic) bond motifs is 3. The van der Waals surface area contributed by atoms with Gasteiger partial charge in [-0.3, -0.25) is 0 Å². The lowest BCUT2D eigenvalue weighted by molar-refractivity contribution is -0.0463. The van der Waals surface area contributed by atoms with Crippen LogP contribution in [0.1, 0.15) is 75.4 Å². The standard InChI is InChI=1S/C19H28O3/c1-12(21)13-5-6-15-14(9-13)16(22)10-17-18(2,11-20)7-4-8-19(15,17)3/h5-6,9,12,16-17,20-22H,4,7-8,10-11H2,1-3H3/t12-,16-,17+,18+,19-/m1/s1. The summed E-state index contributed by atoms with van der Waals surface area (Å²) < 4.78 is 0. The van der Waals surface area contributed by atoms with Crippen LogP contribution in [-0.4, -0.2) is 21.9 Å². The van der Waals surface area contributed by atoms with E-state index in [0.717, 1.165) is 30.4 Å². The molecule has 3 nitrogen and oxygen atoms in total. The molecular formula is C19H28O3. The van der Waals surface area contributed by atoms with E-state index >= 15 is 0 Å². The van der Waals surface area contributed by atoms with Crippen LogP contribution in [0.4, 0.5) is 0 Å². The fourth-order valence-electron chi connectivity index (χ4n) is 5.02. The first kappa shape index (κ1) is 16.0. The molecule has 1 fully saturated rings. The average Bonchev–Trinajstić information content (AvgIpc) is 2.49. The second-order valence-electron chi connectivity index (χ2n) is 7.91. The molecule has 0 amide bonds. The van der Waals surface area contributed by atoms with Gasteiger partial charge in [0.25, 0.3) is 0 Å². The lowest BCUT2D eigenvalue weighted by Gasteiger charge is -2.56. The van der Waals surface area contributed by atoms with Gasteiger partial charge in [0.1, 0.15) is 0 Å². The van der Waals surface area contributed by atoms with Crippen LogP contribution in [0.2, 0.25) is 0 Å². The molecule has 1 aromatic rings. The van der Waals surface area contributed by atoms with Gasteiger partial charge in [-0.15, -0.1) is 0 Å². The van der Waals surface area contributed by atoms with Crippen molar-refractivity contribution < 1.29 is 15.3 Å². The molecule has 0 saturated heterocycles. The van der Waals surface area contributed by atoms with Crippen LogP contribution in [0.5, 0.6) is 0 Å². The zero-order valence-corrected chi connectivity index (χ0v) is 13.8. The first-order chi connectivity index (χ1) is 10.3. The molecule has 0 aromatic heterocycles. The van der Waals surface area contributed by atoms with E-state index in [2.05, 4.69) is 19.9 Å². The first-order valence-electron chi connectivity index (χ1n) is 8.43. The molecule has 0 spiro atoms. The molecular weight excluding hydrogens is 276 g/mol. The summed E-state index contributed by atoms with van der Waals surface area (Å²) in [6, 6.07) is 6.04. The lowest BCUT2D eigenvalue weighted by Crippen LogP contribution is -2.51. The van der Waals surface area contributed by atoms with Gasteiger partial charge < -0.3 is 15.3 Å². The predicted octanol–water partition coefficient (Wildman–Crippen LogP) is 3.23. The number of hydrogen-bond acceptors (Lipinski definition) is 3. The monoisotopic (exact) mass is 304 g/mol. The van der Waals surface area contributed by atoms with Crippen LogP contribution < -0.4 is 0 Å². The van der Waals surface area contributed by atoms with Crippen LogP contribution in [-0.2, 0) is 5.41 Å². The fraction of sp³-hybridized carbons (Fsp3) is 0.684. The number of rotatable bonds is 2. The minimum absolute atomic E-state index is 0.00151. The van der Waals surface area contributed by atoms with E-state index in [9.17, 15) is 15.3 Å². The van der Waals surface area contributed by atoms with Crippen LogP contribution in [0.15, 0.2) is 18.2 Å². The highest BCUT2D eigenvalue weighted by Crippen LogP contribution is 2.59. The fourth-order valence-corrected chi connectivity index (χ4v) is 5.02. The molecule has 2 aliphatic rings. The Kier molecular flexibility index (Phi) is 3.87. The Balaban J connectivity index is 2.11. The summed E-state index contributed by atoms with van der Waals surface area (Å²) in [5, 5.41) is 30.4. The Labute approximate surface area is 133 Å². The molecule has 0 heterocycles. The van der Waals surface area contributed by atoms with Crippen molar-refractivity contribution in [2.24, 2.45) is 11.3 Å². The third-order valence-corrected chi connectivity index (χ3v) is 6.41. The Morgan fingerprint density at radius 3 is 2.64 bits per heavy atom. The zero-order valence-electron chi connectivity index (χ0n) is 13.8. The van der Waals surface area contributed by atoms with E-state index in [1.54, 1.807) is 6.92 Å². The molecule has 0 aliphatic heterocycles. The molecule has 1 saturated carbocycles. The number of aliphatic hydroxyl groups excluding tert-OH is 3. The van der Waals surface area contributed by atoms with E-state index in [-0.39, 0.29) is 17.4 Å². The van der Waals surface area contributed by atoms with Gasteiger partial charge in [-0.25, -0.2) is 0 Å². The highest BCUT2D eigenvalue weighted by atomic mass is 16.3. The summed E-state index contributed by atoms with van der Waals surface area (Å²) in [4.78, 5) is 0. The summed E-state index contributed by atoms with van der Waals surface area (Å²) in [7, 11) is 0. The van der Waals surface area contributed by atoms with Gasteiger partial charge in [0, 0.05) is 6.61 Å². The van der Waals surface area contributed by atoms with Crippen molar-refractivity contribution in [1.82, 2.24) is 0 Å². The van der Waals surface area contributed by atoms with E-state index < -0.39 is 12.2 Å². The van der Waals surface area contributed by atoms with Crippen molar-refractivity contribution in [2.45, 2.75) is 64.1 Å². The third kappa shape index (κ3) is 2.22. The summed E-state index contributed by atoms with van der Waals surface area (Å²) in [6.45, 7) is 6.39. The molecule has 22 heavy (non-hydrogen) atoms. The van der Waals surface area contributed by atoms with Crippen molar-refractivity contribution in [3.63, 3.8) is 0 Å². The van der Waals surface area contributed by atoms with Crippen molar-refractivity contribution in [2.75, 3.05) is 6.61 Å². The summed E-state index contributed by atoms with van der Waals surface area (Å²) >= 11 is 0. The molecule has 0 bridgehead atoms. The lowest BCUT2D eigenvalue weighted by atomic mass is 9.49. The minimum Gasteiger partial charge on any atom is -0.396 e.